The fourth-order valence-corrected chi connectivity index (χ4v) is 3.68. The molecule has 0 aromatic heterocycles. The minimum atomic E-state index is 0.399. The first-order valence-electron chi connectivity index (χ1n) is 9.41. The Morgan fingerprint density at radius 1 is 1.40 bits per heavy atom. The second-order valence-electron chi connectivity index (χ2n) is 6.74. The highest BCUT2D eigenvalue weighted by atomic mass is 35.5. The van der Waals surface area contributed by atoms with E-state index in [0.717, 1.165) is 56.6 Å². The summed E-state index contributed by atoms with van der Waals surface area (Å²) in [6.45, 7) is 6.70. The van der Waals surface area contributed by atoms with Crippen LogP contribution in [0.3, 0.4) is 0 Å². The van der Waals surface area contributed by atoms with Crippen LogP contribution >= 0.6 is 11.6 Å². The number of rotatable bonds is 6. The first-order valence-corrected chi connectivity index (χ1v) is 9.79. The van der Waals surface area contributed by atoms with Gasteiger partial charge in [-0.2, -0.15) is 0 Å². The van der Waals surface area contributed by atoms with Crippen molar-refractivity contribution in [3.8, 4) is 0 Å². The maximum Gasteiger partial charge on any atom is 0.191 e. The van der Waals surface area contributed by atoms with Crippen LogP contribution in [-0.2, 0) is 4.74 Å². The van der Waals surface area contributed by atoms with Crippen LogP contribution in [0.4, 0.5) is 5.69 Å². The van der Waals surface area contributed by atoms with Gasteiger partial charge in [0.1, 0.15) is 0 Å². The number of anilines is 1. The molecule has 0 amide bonds. The van der Waals surface area contributed by atoms with Gasteiger partial charge in [0, 0.05) is 49.5 Å². The van der Waals surface area contributed by atoms with Crippen LogP contribution in [0.25, 0.3) is 0 Å². The summed E-state index contributed by atoms with van der Waals surface area (Å²) in [5, 5.41) is 7.73. The fourth-order valence-electron chi connectivity index (χ4n) is 3.49. The fraction of sp³-hybridized carbons (Fsp3) is 0.632. The number of ether oxygens (including phenoxy) is 1. The zero-order valence-electron chi connectivity index (χ0n) is 15.0. The summed E-state index contributed by atoms with van der Waals surface area (Å²) in [5.74, 6) is 0.915. The van der Waals surface area contributed by atoms with Gasteiger partial charge in [0.2, 0.25) is 0 Å². The van der Waals surface area contributed by atoms with Gasteiger partial charge in [-0.1, -0.05) is 17.7 Å². The van der Waals surface area contributed by atoms with Gasteiger partial charge < -0.3 is 20.3 Å². The average molecular weight is 365 g/mol. The maximum atomic E-state index is 6.11. The zero-order chi connectivity index (χ0) is 17.5. The Bertz CT molecular complexity index is 574. The lowest BCUT2D eigenvalue weighted by molar-refractivity contribution is 0.106. The third kappa shape index (κ3) is 5.51. The minimum absolute atomic E-state index is 0.399. The van der Waals surface area contributed by atoms with Crippen molar-refractivity contribution in [3.05, 3.63) is 29.3 Å². The summed E-state index contributed by atoms with van der Waals surface area (Å²) in [5.41, 5.74) is 1.19. The molecule has 1 aromatic carbocycles. The number of nitrogens with zero attached hydrogens (tertiary/aromatic N) is 2. The lowest BCUT2D eigenvalue weighted by Gasteiger charge is -2.20. The first kappa shape index (κ1) is 18.3. The number of aliphatic imine (C=N–C) groups is 1. The molecule has 2 atom stereocenters. The van der Waals surface area contributed by atoms with Gasteiger partial charge in [0.15, 0.2) is 5.96 Å². The van der Waals surface area contributed by atoms with Crippen molar-refractivity contribution in [2.24, 2.45) is 4.99 Å². The Hall–Kier alpha value is -1.46. The lowest BCUT2D eigenvalue weighted by atomic mass is 10.2. The van der Waals surface area contributed by atoms with E-state index in [1.807, 2.05) is 18.2 Å². The molecule has 1 aromatic rings. The second-order valence-corrected chi connectivity index (χ2v) is 7.18. The van der Waals surface area contributed by atoms with E-state index in [1.54, 1.807) is 0 Å². The van der Waals surface area contributed by atoms with Gasteiger partial charge in [-0.3, -0.25) is 4.99 Å². The van der Waals surface area contributed by atoms with Crippen LogP contribution in [0.15, 0.2) is 29.3 Å². The molecule has 2 aliphatic rings. The molecule has 5 nitrogen and oxygen atoms in total. The molecular weight excluding hydrogens is 336 g/mol. The van der Waals surface area contributed by atoms with Crippen molar-refractivity contribution >= 4 is 23.2 Å². The lowest BCUT2D eigenvalue weighted by Crippen LogP contribution is -2.44. The first-order chi connectivity index (χ1) is 12.2. The van der Waals surface area contributed by atoms with Crippen molar-refractivity contribution in [1.29, 1.82) is 0 Å². The molecule has 0 aliphatic carbocycles. The minimum Gasteiger partial charge on any atom is -0.378 e. The molecule has 2 unspecified atom stereocenters. The van der Waals surface area contributed by atoms with E-state index in [-0.39, 0.29) is 0 Å². The molecule has 25 heavy (non-hydrogen) atoms. The predicted octanol–water partition coefficient (Wildman–Crippen LogP) is 3.04. The highest BCUT2D eigenvalue weighted by Gasteiger charge is 2.23. The van der Waals surface area contributed by atoms with Crippen LogP contribution in [0, 0.1) is 0 Å². The number of nitrogens with one attached hydrogen (secondary N) is 2. The van der Waals surface area contributed by atoms with Crippen molar-refractivity contribution < 1.29 is 4.74 Å². The Kier molecular flexibility index (Phi) is 6.82. The third-order valence-electron chi connectivity index (χ3n) is 4.79. The summed E-state index contributed by atoms with van der Waals surface area (Å²) < 4.78 is 5.67. The van der Waals surface area contributed by atoms with Crippen LogP contribution < -0.4 is 15.5 Å². The van der Waals surface area contributed by atoms with E-state index >= 15 is 0 Å². The standard InChI is InChI=1S/C19H29ClN4O/c1-2-21-19(22-10-8-18-7-4-12-25-18)23-16-9-11-24(14-16)17-6-3-5-15(20)13-17/h3,5-6,13,16,18H,2,4,7-12,14H2,1H3,(H2,21,22,23). The van der Waals surface area contributed by atoms with Crippen molar-refractivity contribution in [1.82, 2.24) is 10.6 Å². The number of benzene rings is 1. The zero-order valence-corrected chi connectivity index (χ0v) is 15.8. The van der Waals surface area contributed by atoms with Crippen LogP contribution in [0.2, 0.25) is 5.02 Å². The summed E-state index contributed by atoms with van der Waals surface area (Å²) in [6.07, 6.45) is 4.88. The van der Waals surface area contributed by atoms with Crippen LogP contribution in [0.5, 0.6) is 0 Å². The van der Waals surface area contributed by atoms with E-state index in [4.69, 9.17) is 21.3 Å². The Morgan fingerprint density at radius 2 is 2.32 bits per heavy atom. The molecule has 6 heteroatoms. The van der Waals surface area contributed by atoms with E-state index in [1.165, 1.54) is 18.5 Å². The molecule has 2 heterocycles. The SMILES string of the molecule is CCNC(=NCCC1CCCO1)NC1CCN(c2cccc(Cl)c2)C1. The highest BCUT2D eigenvalue weighted by Crippen LogP contribution is 2.23. The molecular formula is C19H29ClN4O. The van der Waals surface area contributed by atoms with Gasteiger partial charge in [0.05, 0.1) is 6.10 Å². The molecule has 0 bridgehead atoms. The molecule has 0 spiro atoms. The van der Waals surface area contributed by atoms with Crippen LogP contribution in [-0.4, -0.2) is 50.9 Å². The Morgan fingerprint density at radius 3 is 3.08 bits per heavy atom. The second kappa shape index (κ2) is 9.30. The van der Waals surface area contributed by atoms with Gasteiger partial charge in [-0.25, -0.2) is 0 Å². The number of halogens is 1. The summed E-state index contributed by atoms with van der Waals surface area (Å²) in [7, 11) is 0. The quantitative estimate of drug-likeness (QED) is 0.601. The topological polar surface area (TPSA) is 48.9 Å². The summed E-state index contributed by atoms with van der Waals surface area (Å²) >= 11 is 6.11. The van der Waals surface area contributed by atoms with E-state index in [9.17, 15) is 0 Å². The molecule has 2 N–H and O–H groups in total. The van der Waals surface area contributed by atoms with Crippen molar-refractivity contribution in [2.45, 2.75) is 44.8 Å². The van der Waals surface area contributed by atoms with Crippen molar-refractivity contribution in [2.75, 3.05) is 37.7 Å². The molecule has 2 fully saturated rings. The highest BCUT2D eigenvalue weighted by molar-refractivity contribution is 6.30. The Balaban J connectivity index is 1.50. The molecule has 0 radical (unpaired) electrons. The van der Waals surface area contributed by atoms with E-state index in [0.29, 0.717) is 12.1 Å². The average Bonchev–Trinajstić information content (AvgIpc) is 3.27. The van der Waals surface area contributed by atoms with E-state index in [2.05, 4.69) is 28.5 Å². The molecule has 3 rings (SSSR count). The normalized spacial score (nSPS) is 23.9. The van der Waals surface area contributed by atoms with Gasteiger partial charge in [0.25, 0.3) is 0 Å². The molecule has 2 saturated heterocycles. The summed E-state index contributed by atoms with van der Waals surface area (Å²) in [6, 6.07) is 8.48. The number of hydrogen-bond donors (Lipinski definition) is 2. The molecule has 138 valence electrons. The largest absolute Gasteiger partial charge is 0.378 e. The monoisotopic (exact) mass is 364 g/mol. The summed E-state index contributed by atoms with van der Waals surface area (Å²) in [4.78, 5) is 7.10. The predicted molar refractivity (Wildman–Crippen MR) is 105 cm³/mol. The van der Waals surface area contributed by atoms with Gasteiger partial charge >= 0.3 is 0 Å². The Labute approximate surface area is 155 Å². The maximum absolute atomic E-state index is 6.11. The number of guanidine groups is 1. The molecule has 0 saturated carbocycles. The van der Waals surface area contributed by atoms with Crippen molar-refractivity contribution in [3.63, 3.8) is 0 Å². The number of hydrogen-bond acceptors (Lipinski definition) is 3. The smallest absolute Gasteiger partial charge is 0.191 e. The van der Waals surface area contributed by atoms with E-state index < -0.39 is 0 Å². The van der Waals surface area contributed by atoms with Gasteiger partial charge in [-0.15, -0.1) is 0 Å². The molecule has 2 aliphatic heterocycles. The third-order valence-corrected chi connectivity index (χ3v) is 5.03. The van der Waals surface area contributed by atoms with Gasteiger partial charge in [-0.05, 0) is 50.8 Å². The van der Waals surface area contributed by atoms with Crippen LogP contribution in [0.1, 0.15) is 32.6 Å².